The van der Waals surface area contributed by atoms with Crippen LogP contribution >= 0.6 is 0 Å². The van der Waals surface area contributed by atoms with Crippen molar-refractivity contribution in [1.29, 1.82) is 0 Å². The van der Waals surface area contributed by atoms with Gasteiger partial charge in [-0.15, -0.1) is 0 Å². The van der Waals surface area contributed by atoms with Crippen LogP contribution < -0.4 is 11.1 Å². The van der Waals surface area contributed by atoms with Gasteiger partial charge in [-0.2, -0.15) is 13.2 Å². The van der Waals surface area contributed by atoms with Gasteiger partial charge in [0, 0.05) is 19.3 Å². The predicted molar refractivity (Wildman–Crippen MR) is 69.2 cm³/mol. The molecule has 0 spiro atoms. The van der Waals surface area contributed by atoms with E-state index in [-0.39, 0.29) is 18.3 Å². The molecular formula is C12H15F3N4O2. The fourth-order valence-electron chi connectivity index (χ4n) is 1.50. The molecule has 1 aromatic rings. The third kappa shape index (κ3) is 5.78. The van der Waals surface area contributed by atoms with Crippen molar-refractivity contribution in [2.45, 2.75) is 6.18 Å². The topological polar surface area (TPSA) is 88.3 Å². The van der Waals surface area contributed by atoms with Crippen LogP contribution in [0.25, 0.3) is 0 Å². The molecule has 0 aromatic carbocycles. The molecule has 1 saturated heterocycles. The van der Waals surface area contributed by atoms with Gasteiger partial charge >= 0.3 is 6.18 Å². The molecule has 3 N–H and O–H groups in total. The Labute approximate surface area is 119 Å². The molecule has 2 rings (SSSR count). The summed E-state index contributed by atoms with van der Waals surface area (Å²) >= 11 is 0. The summed E-state index contributed by atoms with van der Waals surface area (Å²) in [6, 6.07) is 2.01. The summed E-state index contributed by atoms with van der Waals surface area (Å²) in [5, 5.41) is 2.92. The smallest absolute Gasteiger partial charge is 0.384 e. The van der Waals surface area contributed by atoms with E-state index in [9.17, 15) is 22.8 Å². The van der Waals surface area contributed by atoms with E-state index in [1.807, 2.05) is 0 Å². The number of carbonyl (C=O) groups is 2. The maximum absolute atomic E-state index is 11.8. The van der Waals surface area contributed by atoms with Crippen molar-refractivity contribution in [3.05, 3.63) is 23.9 Å². The summed E-state index contributed by atoms with van der Waals surface area (Å²) in [6.07, 6.45) is -2.88. The first-order valence-electron chi connectivity index (χ1n) is 6.05. The highest BCUT2D eigenvalue weighted by atomic mass is 19.4. The first-order valence-corrected chi connectivity index (χ1v) is 6.05. The van der Waals surface area contributed by atoms with Gasteiger partial charge in [-0.1, -0.05) is 0 Å². The number of carbonyl (C=O) groups excluding carboxylic acids is 2. The van der Waals surface area contributed by atoms with E-state index in [0.29, 0.717) is 19.3 Å². The summed E-state index contributed by atoms with van der Waals surface area (Å²) in [5.41, 5.74) is 4.31. The number of nitrogens with two attached hydrogens (primary N) is 1. The minimum Gasteiger partial charge on any atom is -0.384 e. The zero-order valence-electron chi connectivity index (χ0n) is 11.1. The Morgan fingerprint density at radius 2 is 2.14 bits per heavy atom. The third-order valence-electron chi connectivity index (χ3n) is 2.60. The standard InChI is InChI=1S/C6H5F3N2.C6H10N2O2/c7-6(8,9)4-1-2-5(10)11-3-4;9-4-3-8-2-1-7-5-6(8)10/h1-3H,(H2,10,11);4,7H,1-3,5H2. The second-order valence-electron chi connectivity index (χ2n) is 4.15. The highest BCUT2D eigenvalue weighted by Crippen LogP contribution is 2.28. The van der Waals surface area contributed by atoms with Crippen molar-refractivity contribution >= 4 is 18.0 Å². The monoisotopic (exact) mass is 304 g/mol. The van der Waals surface area contributed by atoms with Crippen LogP contribution in [0.15, 0.2) is 18.3 Å². The van der Waals surface area contributed by atoms with Crippen LogP contribution in [0, 0.1) is 0 Å². The lowest BCUT2D eigenvalue weighted by molar-refractivity contribution is -0.137. The maximum atomic E-state index is 11.8. The van der Waals surface area contributed by atoms with E-state index in [2.05, 4.69) is 10.3 Å². The summed E-state index contributed by atoms with van der Waals surface area (Å²) in [4.78, 5) is 25.7. The normalized spacial score (nSPS) is 15.2. The number of rotatable bonds is 2. The molecule has 9 heteroatoms. The number of pyridine rings is 1. The Kier molecular flexibility index (Phi) is 6.10. The van der Waals surface area contributed by atoms with Gasteiger partial charge < -0.3 is 20.7 Å². The average Bonchev–Trinajstić information content (AvgIpc) is 2.42. The van der Waals surface area contributed by atoms with Crippen molar-refractivity contribution < 1.29 is 22.8 Å². The van der Waals surface area contributed by atoms with Crippen molar-refractivity contribution in [3.63, 3.8) is 0 Å². The fraction of sp³-hybridized carbons (Fsp3) is 0.417. The molecule has 1 amide bonds. The molecule has 1 aliphatic heterocycles. The lowest BCUT2D eigenvalue weighted by atomic mass is 10.3. The zero-order chi connectivity index (χ0) is 15.9. The summed E-state index contributed by atoms with van der Waals surface area (Å²) < 4.78 is 35.5. The van der Waals surface area contributed by atoms with E-state index < -0.39 is 11.7 Å². The van der Waals surface area contributed by atoms with Gasteiger partial charge in [-0.25, -0.2) is 4.98 Å². The lowest BCUT2D eigenvalue weighted by Gasteiger charge is -2.24. The maximum Gasteiger partial charge on any atom is 0.417 e. The van der Waals surface area contributed by atoms with Gasteiger partial charge in [-0.3, -0.25) is 4.79 Å². The lowest BCUT2D eigenvalue weighted by Crippen LogP contribution is -2.48. The van der Waals surface area contributed by atoms with Crippen molar-refractivity contribution in [2.75, 3.05) is 31.9 Å². The second-order valence-corrected chi connectivity index (χ2v) is 4.15. The molecular weight excluding hydrogens is 289 g/mol. The molecule has 116 valence electrons. The molecule has 2 heterocycles. The Morgan fingerprint density at radius 1 is 1.43 bits per heavy atom. The summed E-state index contributed by atoms with van der Waals surface area (Å²) in [5.74, 6) is 0.0938. The van der Waals surface area contributed by atoms with E-state index in [1.54, 1.807) is 4.90 Å². The van der Waals surface area contributed by atoms with Crippen LogP contribution in [0.2, 0.25) is 0 Å². The van der Waals surface area contributed by atoms with Crippen molar-refractivity contribution in [1.82, 2.24) is 15.2 Å². The number of alkyl halides is 3. The minimum atomic E-state index is -4.33. The Balaban J connectivity index is 0.000000211. The van der Waals surface area contributed by atoms with Crippen LogP contribution in [0.1, 0.15) is 5.56 Å². The SMILES string of the molecule is Nc1ccc(C(F)(F)F)cn1.O=CCN1CCNCC1=O. The third-order valence-corrected chi connectivity index (χ3v) is 2.60. The number of nitrogens with one attached hydrogen (secondary N) is 1. The van der Waals surface area contributed by atoms with Crippen LogP contribution in [-0.2, 0) is 15.8 Å². The Morgan fingerprint density at radius 3 is 2.62 bits per heavy atom. The quantitative estimate of drug-likeness (QED) is 0.767. The number of aromatic nitrogens is 1. The number of piperazine rings is 1. The first kappa shape index (κ1) is 16.9. The predicted octanol–water partition coefficient (Wildman–Crippen LogP) is 0.300. The molecule has 0 radical (unpaired) electrons. The van der Waals surface area contributed by atoms with Crippen LogP contribution in [-0.4, -0.2) is 48.3 Å². The number of nitrogen functional groups attached to an aromatic ring is 1. The van der Waals surface area contributed by atoms with Crippen molar-refractivity contribution in [3.8, 4) is 0 Å². The summed E-state index contributed by atoms with van der Waals surface area (Å²) in [6.45, 7) is 2.05. The van der Waals surface area contributed by atoms with Gasteiger partial charge in [0.05, 0.1) is 18.7 Å². The first-order chi connectivity index (χ1) is 9.84. The van der Waals surface area contributed by atoms with Gasteiger partial charge in [0.15, 0.2) is 0 Å². The largest absolute Gasteiger partial charge is 0.417 e. The van der Waals surface area contributed by atoms with E-state index in [1.165, 1.54) is 0 Å². The Bertz CT molecular complexity index is 476. The van der Waals surface area contributed by atoms with Crippen LogP contribution in [0.5, 0.6) is 0 Å². The second kappa shape index (κ2) is 7.58. The molecule has 1 aliphatic rings. The van der Waals surface area contributed by atoms with Gasteiger partial charge in [-0.05, 0) is 12.1 Å². The molecule has 0 saturated carbocycles. The number of hydrogen-bond acceptors (Lipinski definition) is 5. The van der Waals surface area contributed by atoms with E-state index in [0.717, 1.165) is 25.0 Å². The number of aldehydes is 1. The van der Waals surface area contributed by atoms with Crippen LogP contribution in [0.4, 0.5) is 19.0 Å². The molecule has 0 atom stereocenters. The van der Waals surface area contributed by atoms with Gasteiger partial charge in [0.1, 0.15) is 12.1 Å². The van der Waals surface area contributed by atoms with Crippen molar-refractivity contribution in [2.24, 2.45) is 0 Å². The number of nitrogens with zero attached hydrogens (tertiary/aromatic N) is 2. The number of hydrogen-bond donors (Lipinski definition) is 2. The molecule has 1 fully saturated rings. The molecule has 0 unspecified atom stereocenters. The number of amides is 1. The van der Waals surface area contributed by atoms with Crippen LogP contribution in [0.3, 0.4) is 0 Å². The number of anilines is 1. The van der Waals surface area contributed by atoms with E-state index >= 15 is 0 Å². The molecule has 6 nitrogen and oxygen atoms in total. The minimum absolute atomic E-state index is 0.0124. The molecule has 0 aliphatic carbocycles. The molecule has 0 bridgehead atoms. The Hall–Kier alpha value is -2.16. The average molecular weight is 304 g/mol. The zero-order valence-corrected chi connectivity index (χ0v) is 11.1. The highest BCUT2D eigenvalue weighted by molar-refractivity contribution is 5.81. The molecule has 21 heavy (non-hydrogen) atoms. The number of halogens is 3. The van der Waals surface area contributed by atoms with E-state index in [4.69, 9.17) is 5.73 Å². The highest BCUT2D eigenvalue weighted by Gasteiger charge is 2.30. The van der Waals surface area contributed by atoms with Gasteiger partial charge in [0.25, 0.3) is 0 Å². The molecule has 1 aromatic heterocycles. The van der Waals surface area contributed by atoms with Gasteiger partial charge in [0.2, 0.25) is 5.91 Å². The summed E-state index contributed by atoms with van der Waals surface area (Å²) in [7, 11) is 0. The fourth-order valence-corrected chi connectivity index (χ4v) is 1.50.